The molecule has 0 fully saturated rings. The predicted molar refractivity (Wildman–Crippen MR) is 91.5 cm³/mol. The van der Waals surface area contributed by atoms with Gasteiger partial charge in [0.15, 0.2) is 0 Å². The fourth-order valence-corrected chi connectivity index (χ4v) is 3.37. The van der Waals surface area contributed by atoms with Crippen molar-refractivity contribution in [1.29, 1.82) is 0 Å². The van der Waals surface area contributed by atoms with Gasteiger partial charge in [-0.15, -0.1) is 0 Å². The van der Waals surface area contributed by atoms with Gasteiger partial charge < -0.3 is 10.1 Å². The zero-order valence-electron chi connectivity index (χ0n) is 13.0. The lowest BCUT2D eigenvalue weighted by molar-refractivity contribution is -0.120. The molecule has 0 bridgehead atoms. The van der Waals surface area contributed by atoms with Crippen molar-refractivity contribution in [2.24, 2.45) is 0 Å². The Morgan fingerprint density at radius 2 is 1.88 bits per heavy atom. The lowest BCUT2D eigenvalue weighted by Gasteiger charge is -2.11. The van der Waals surface area contributed by atoms with Crippen LogP contribution in [-0.4, -0.2) is 28.0 Å². The summed E-state index contributed by atoms with van der Waals surface area (Å²) in [7, 11) is -2.57. The van der Waals surface area contributed by atoms with Crippen LogP contribution >= 0.6 is 11.6 Å². The van der Waals surface area contributed by atoms with Gasteiger partial charge in [-0.3, -0.25) is 4.79 Å². The van der Waals surface area contributed by atoms with Crippen molar-refractivity contribution in [1.82, 2.24) is 10.0 Å². The Hall–Kier alpha value is -2.09. The van der Waals surface area contributed by atoms with E-state index in [1.165, 1.54) is 25.3 Å². The Balaban J connectivity index is 1.97. The van der Waals surface area contributed by atoms with Crippen molar-refractivity contribution in [3.63, 3.8) is 0 Å². The Morgan fingerprint density at radius 1 is 1.17 bits per heavy atom. The number of amides is 1. The molecule has 128 valence electrons. The van der Waals surface area contributed by atoms with Crippen LogP contribution in [0.15, 0.2) is 53.4 Å². The Bertz CT molecular complexity index is 810. The lowest BCUT2D eigenvalue weighted by Crippen LogP contribution is -2.36. The van der Waals surface area contributed by atoms with Gasteiger partial charge in [-0.1, -0.05) is 41.9 Å². The lowest BCUT2D eigenvalue weighted by atomic mass is 10.2. The number of rotatable bonds is 7. The smallest absolute Gasteiger partial charge is 0.244 e. The van der Waals surface area contributed by atoms with E-state index in [4.69, 9.17) is 16.3 Å². The molecule has 0 unspecified atom stereocenters. The first-order chi connectivity index (χ1) is 11.4. The van der Waals surface area contributed by atoms with Crippen molar-refractivity contribution in [2.45, 2.75) is 11.4 Å². The zero-order chi connectivity index (χ0) is 17.6. The summed E-state index contributed by atoms with van der Waals surface area (Å²) in [5.74, 6) is -0.292. The Morgan fingerprint density at radius 3 is 2.54 bits per heavy atom. The Kier molecular flexibility index (Phi) is 6.19. The van der Waals surface area contributed by atoms with Crippen LogP contribution in [0, 0.1) is 0 Å². The highest BCUT2D eigenvalue weighted by atomic mass is 35.5. The normalized spacial score (nSPS) is 11.1. The predicted octanol–water partition coefficient (Wildman–Crippen LogP) is 1.94. The molecule has 0 saturated heterocycles. The second-order valence-corrected chi connectivity index (χ2v) is 7.05. The van der Waals surface area contributed by atoms with Gasteiger partial charge in [-0.05, 0) is 23.8 Å². The first kappa shape index (κ1) is 18.3. The number of ether oxygens (including phenoxy) is 1. The number of sulfonamides is 1. The van der Waals surface area contributed by atoms with Crippen LogP contribution < -0.4 is 14.8 Å². The largest absolute Gasteiger partial charge is 0.495 e. The molecule has 2 aromatic rings. The third-order valence-electron chi connectivity index (χ3n) is 3.17. The van der Waals surface area contributed by atoms with Crippen LogP contribution in [0.1, 0.15) is 5.56 Å². The molecule has 8 heteroatoms. The maximum atomic E-state index is 12.3. The van der Waals surface area contributed by atoms with Crippen molar-refractivity contribution in [3.8, 4) is 5.75 Å². The van der Waals surface area contributed by atoms with Crippen LogP contribution in [-0.2, 0) is 21.4 Å². The van der Waals surface area contributed by atoms with Crippen molar-refractivity contribution in [3.05, 3.63) is 59.1 Å². The summed E-state index contributed by atoms with van der Waals surface area (Å²) >= 11 is 5.83. The van der Waals surface area contributed by atoms with Crippen LogP contribution in [0.4, 0.5) is 0 Å². The monoisotopic (exact) mass is 368 g/mol. The van der Waals surface area contributed by atoms with Crippen molar-refractivity contribution in [2.75, 3.05) is 13.7 Å². The number of hydrogen-bond acceptors (Lipinski definition) is 4. The number of benzene rings is 2. The van der Waals surface area contributed by atoms with Gasteiger partial charge in [-0.25, -0.2) is 13.1 Å². The molecule has 0 radical (unpaired) electrons. The van der Waals surface area contributed by atoms with Crippen LogP contribution in [0.2, 0.25) is 5.02 Å². The van der Waals surface area contributed by atoms with Gasteiger partial charge in [0.1, 0.15) is 10.6 Å². The van der Waals surface area contributed by atoms with E-state index in [0.29, 0.717) is 6.54 Å². The molecule has 1 amide bonds. The van der Waals surface area contributed by atoms with Gasteiger partial charge >= 0.3 is 0 Å². The number of halogens is 1. The van der Waals surface area contributed by atoms with Gasteiger partial charge in [0.2, 0.25) is 15.9 Å². The van der Waals surface area contributed by atoms with Gasteiger partial charge in [0.25, 0.3) is 0 Å². The summed E-state index contributed by atoms with van der Waals surface area (Å²) in [5.41, 5.74) is 0.921. The fraction of sp³-hybridized carbons (Fsp3) is 0.188. The fourth-order valence-electron chi connectivity index (χ4n) is 1.96. The molecule has 0 aliphatic heterocycles. The first-order valence-corrected chi connectivity index (χ1v) is 8.92. The second kappa shape index (κ2) is 8.14. The molecule has 0 heterocycles. The summed E-state index contributed by atoms with van der Waals surface area (Å²) in [6, 6.07) is 13.6. The Labute approximate surface area is 145 Å². The summed E-state index contributed by atoms with van der Waals surface area (Å²) in [4.78, 5) is 11.7. The maximum Gasteiger partial charge on any atom is 0.244 e. The molecule has 0 atom stereocenters. The van der Waals surface area contributed by atoms with E-state index >= 15 is 0 Å². The van der Waals surface area contributed by atoms with E-state index in [9.17, 15) is 13.2 Å². The number of carbonyl (C=O) groups is 1. The minimum absolute atomic E-state index is 0.117. The molecule has 6 nitrogen and oxygen atoms in total. The average molecular weight is 369 g/mol. The average Bonchev–Trinajstić information content (AvgIpc) is 2.59. The van der Waals surface area contributed by atoms with Crippen molar-refractivity contribution < 1.29 is 17.9 Å². The van der Waals surface area contributed by atoms with Crippen molar-refractivity contribution >= 4 is 27.5 Å². The molecule has 24 heavy (non-hydrogen) atoms. The molecule has 2 rings (SSSR count). The maximum absolute atomic E-state index is 12.3. The second-order valence-electron chi connectivity index (χ2n) is 4.88. The molecule has 0 spiro atoms. The van der Waals surface area contributed by atoms with Gasteiger partial charge in [-0.2, -0.15) is 0 Å². The van der Waals surface area contributed by atoms with Gasteiger partial charge in [0, 0.05) is 11.6 Å². The van der Waals surface area contributed by atoms with Crippen LogP contribution in [0.3, 0.4) is 0 Å². The van der Waals surface area contributed by atoms with E-state index < -0.39 is 15.9 Å². The standard InChI is InChI=1S/C16H17ClN2O4S/c1-23-14-8-7-13(17)9-15(14)24(21,22)19-11-16(20)18-10-12-5-3-2-4-6-12/h2-9,19H,10-11H2,1H3,(H,18,20). The molecular formula is C16H17ClN2O4S. The third kappa shape index (κ3) is 4.95. The number of carbonyl (C=O) groups excluding carboxylic acids is 1. The highest BCUT2D eigenvalue weighted by Crippen LogP contribution is 2.26. The highest BCUT2D eigenvalue weighted by molar-refractivity contribution is 7.89. The van der Waals surface area contributed by atoms with E-state index in [-0.39, 0.29) is 22.2 Å². The van der Waals surface area contributed by atoms with Gasteiger partial charge in [0.05, 0.1) is 13.7 Å². The minimum atomic E-state index is -3.92. The quantitative estimate of drug-likeness (QED) is 0.782. The summed E-state index contributed by atoms with van der Waals surface area (Å²) < 4.78 is 31.9. The zero-order valence-corrected chi connectivity index (χ0v) is 14.5. The summed E-state index contributed by atoms with van der Waals surface area (Å²) in [5, 5.41) is 2.89. The van der Waals surface area contributed by atoms with E-state index in [0.717, 1.165) is 5.56 Å². The minimum Gasteiger partial charge on any atom is -0.495 e. The molecule has 2 N–H and O–H groups in total. The van der Waals surface area contributed by atoms with E-state index in [2.05, 4.69) is 10.0 Å². The SMILES string of the molecule is COc1ccc(Cl)cc1S(=O)(=O)NCC(=O)NCc1ccccc1. The molecular weight excluding hydrogens is 352 g/mol. The highest BCUT2D eigenvalue weighted by Gasteiger charge is 2.20. The number of hydrogen-bond donors (Lipinski definition) is 2. The molecule has 0 aliphatic rings. The summed E-state index contributed by atoms with van der Waals surface area (Å²) in [6.07, 6.45) is 0. The molecule has 0 aromatic heterocycles. The van der Waals surface area contributed by atoms with Crippen LogP contribution in [0.5, 0.6) is 5.75 Å². The molecule has 0 aliphatic carbocycles. The summed E-state index contributed by atoms with van der Waals surface area (Å²) in [6.45, 7) is -0.0628. The topological polar surface area (TPSA) is 84.5 Å². The first-order valence-electron chi connectivity index (χ1n) is 7.06. The number of nitrogens with one attached hydrogen (secondary N) is 2. The number of methoxy groups -OCH3 is 1. The molecule has 2 aromatic carbocycles. The van der Waals surface area contributed by atoms with E-state index in [1.54, 1.807) is 0 Å². The van der Waals surface area contributed by atoms with E-state index in [1.807, 2.05) is 30.3 Å². The molecule has 0 saturated carbocycles. The van der Waals surface area contributed by atoms with Crippen LogP contribution in [0.25, 0.3) is 0 Å². The third-order valence-corrected chi connectivity index (χ3v) is 4.83.